The van der Waals surface area contributed by atoms with E-state index in [1.165, 1.54) is 25.1 Å². The van der Waals surface area contributed by atoms with Crippen LogP contribution < -0.4 is 10.7 Å². The summed E-state index contributed by atoms with van der Waals surface area (Å²) in [6.07, 6.45) is -3.83. The van der Waals surface area contributed by atoms with Crippen LogP contribution in [0.4, 0.5) is 13.2 Å². The lowest BCUT2D eigenvalue weighted by Crippen LogP contribution is -2.37. The number of nitrogens with one attached hydrogen (secondary N) is 1. The van der Waals surface area contributed by atoms with Crippen LogP contribution in [0.2, 0.25) is 0 Å². The van der Waals surface area contributed by atoms with E-state index < -0.39 is 23.1 Å². The van der Waals surface area contributed by atoms with Gasteiger partial charge in [-0.15, -0.1) is 0 Å². The Morgan fingerprint density at radius 1 is 1.32 bits per heavy atom. The molecule has 8 heteroatoms. The van der Waals surface area contributed by atoms with Crippen molar-refractivity contribution in [2.24, 2.45) is 0 Å². The van der Waals surface area contributed by atoms with Crippen molar-refractivity contribution < 1.29 is 18.0 Å². The summed E-state index contributed by atoms with van der Waals surface area (Å²) < 4.78 is 39.8. The van der Waals surface area contributed by atoms with Gasteiger partial charge in [-0.3, -0.25) is 9.59 Å². The van der Waals surface area contributed by atoms with Crippen molar-refractivity contribution in [3.63, 3.8) is 0 Å². The van der Waals surface area contributed by atoms with Crippen LogP contribution in [0.1, 0.15) is 42.0 Å². The normalized spacial score (nSPS) is 12.7. The van der Waals surface area contributed by atoms with Crippen molar-refractivity contribution in [1.82, 2.24) is 15.1 Å². The summed E-state index contributed by atoms with van der Waals surface area (Å²) in [6, 6.07) is 5.56. The van der Waals surface area contributed by atoms with Gasteiger partial charge in [0.2, 0.25) is 5.43 Å². The molecule has 1 N–H and O–H groups in total. The highest BCUT2D eigenvalue weighted by Gasteiger charge is 2.30. The number of carbonyl (C=O) groups excluding carboxylic acids is 1. The average molecular weight is 353 g/mol. The van der Waals surface area contributed by atoms with Gasteiger partial charge >= 0.3 is 6.18 Å². The van der Waals surface area contributed by atoms with Gasteiger partial charge in [0.05, 0.1) is 11.3 Å². The minimum atomic E-state index is -4.50. The number of nitrogens with zero attached hydrogens (tertiary/aromatic N) is 2. The maximum Gasteiger partial charge on any atom is 0.416 e. The summed E-state index contributed by atoms with van der Waals surface area (Å²) in [7, 11) is 0. The van der Waals surface area contributed by atoms with Crippen molar-refractivity contribution in [3.8, 4) is 5.69 Å². The van der Waals surface area contributed by atoms with Crippen LogP contribution in [0.15, 0.2) is 35.1 Å². The number of aromatic nitrogens is 2. The zero-order chi connectivity index (χ0) is 18.8. The first-order valence-electron chi connectivity index (χ1n) is 7.73. The fourth-order valence-electron chi connectivity index (χ4n) is 2.17. The maximum atomic E-state index is 12.9. The fraction of sp³-hybridized carbons (Fsp3) is 0.353. The van der Waals surface area contributed by atoms with Gasteiger partial charge in [0.15, 0.2) is 5.69 Å². The van der Waals surface area contributed by atoms with Gasteiger partial charge < -0.3 is 5.32 Å². The number of halogens is 3. The van der Waals surface area contributed by atoms with Crippen LogP contribution in [-0.4, -0.2) is 21.7 Å². The monoisotopic (exact) mass is 353 g/mol. The van der Waals surface area contributed by atoms with E-state index in [9.17, 15) is 22.8 Å². The van der Waals surface area contributed by atoms with Crippen molar-refractivity contribution in [1.29, 1.82) is 0 Å². The molecule has 0 aliphatic carbocycles. The van der Waals surface area contributed by atoms with E-state index >= 15 is 0 Å². The summed E-state index contributed by atoms with van der Waals surface area (Å²) in [5.74, 6) is -0.653. The van der Waals surface area contributed by atoms with Gasteiger partial charge in [-0.2, -0.15) is 18.3 Å². The SMILES string of the molecule is CCC(C)NC(=O)c1nn(-c2cccc(C(F)(F)F)c2)c(C)cc1=O. The molecule has 0 fully saturated rings. The number of carbonyl (C=O) groups is 1. The molecule has 1 aromatic carbocycles. The van der Waals surface area contributed by atoms with Crippen LogP contribution in [0.25, 0.3) is 5.69 Å². The summed E-state index contributed by atoms with van der Waals surface area (Å²) >= 11 is 0. The molecule has 0 spiro atoms. The van der Waals surface area contributed by atoms with E-state index in [0.29, 0.717) is 12.1 Å². The molecule has 1 atom stereocenters. The fourth-order valence-corrected chi connectivity index (χ4v) is 2.17. The first kappa shape index (κ1) is 18.7. The van der Waals surface area contributed by atoms with Crippen molar-refractivity contribution in [2.45, 2.75) is 39.4 Å². The third-order valence-corrected chi connectivity index (χ3v) is 3.73. The maximum absolute atomic E-state index is 12.9. The molecule has 5 nitrogen and oxygen atoms in total. The predicted molar refractivity (Wildman–Crippen MR) is 86.8 cm³/mol. The minimum absolute atomic E-state index is 0.116. The van der Waals surface area contributed by atoms with Crippen LogP contribution in [0.3, 0.4) is 0 Å². The Morgan fingerprint density at radius 2 is 2.00 bits per heavy atom. The van der Waals surface area contributed by atoms with Crippen molar-refractivity contribution in [2.75, 3.05) is 0 Å². The lowest BCUT2D eigenvalue weighted by atomic mass is 10.2. The second-order valence-electron chi connectivity index (χ2n) is 5.74. The topological polar surface area (TPSA) is 64.0 Å². The highest BCUT2D eigenvalue weighted by Crippen LogP contribution is 2.30. The molecule has 0 radical (unpaired) electrons. The molecule has 25 heavy (non-hydrogen) atoms. The Labute approximate surface area is 142 Å². The molecule has 0 saturated carbocycles. The summed E-state index contributed by atoms with van der Waals surface area (Å²) in [4.78, 5) is 24.2. The Bertz CT molecular complexity index is 844. The van der Waals surface area contributed by atoms with E-state index in [1.807, 2.05) is 6.92 Å². The Balaban J connectivity index is 2.51. The molecule has 0 aliphatic rings. The number of alkyl halides is 3. The zero-order valence-corrected chi connectivity index (χ0v) is 14.0. The van der Waals surface area contributed by atoms with E-state index in [0.717, 1.165) is 16.8 Å². The molecule has 0 saturated heterocycles. The highest BCUT2D eigenvalue weighted by molar-refractivity contribution is 5.92. The zero-order valence-electron chi connectivity index (χ0n) is 14.0. The molecule has 2 aromatic rings. The van der Waals surface area contributed by atoms with Gasteiger partial charge in [0.25, 0.3) is 5.91 Å². The smallest absolute Gasteiger partial charge is 0.348 e. The van der Waals surface area contributed by atoms with Gasteiger partial charge in [-0.05, 0) is 38.5 Å². The molecule has 0 aliphatic heterocycles. The lowest BCUT2D eigenvalue weighted by Gasteiger charge is -2.15. The number of rotatable bonds is 4. The second-order valence-corrected chi connectivity index (χ2v) is 5.74. The highest BCUT2D eigenvalue weighted by atomic mass is 19.4. The third kappa shape index (κ3) is 4.26. The largest absolute Gasteiger partial charge is 0.416 e. The molecule has 134 valence electrons. The molecule has 2 rings (SSSR count). The Kier molecular flexibility index (Phi) is 5.30. The van der Waals surface area contributed by atoms with Gasteiger partial charge in [-0.25, -0.2) is 4.68 Å². The lowest BCUT2D eigenvalue weighted by molar-refractivity contribution is -0.137. The first-order valence-corrected chi connectivity index (χ1v) is 7.73. The van der Waals surface area contributed by atoms with Crippen LogP contribution in [0, 0.1) is 6.92 Å². The number of aryl methyl sites for hydroxylation is 1. The number of benzene rings is 1. The standard InChI is InChI=1S/C17H18F3N3O2/c1-4-10(2)21-16(25)15-14(24)8-11(3)23(22-15)13-7-5-6-12(9-13)17(18,19)20/h5-10H,4H2,1-3H3,(H,21,25). The number of hydrogen-bond acceptors (Lipinski definition) is 3. The average Bonchev–Trinajstić information content (AvgIpc) is 2.54. The summed E-state index contributed by atoms with van der Waals surface area (Å²) in [6.45, 7) is 5.18. The molecule has 0 bridgehead atoms. The van der Waals surface area contributed by atoms with E-state index in [-0.39, 0.29) is 17.4 Å². The van der Waals surface area contributed by atoms with Gasteiger partial charge in [0, 0.05) is 17.8 Å². The van der Waals surface area contributed by atoms with E-state index in [2.05, 4.69) is 10.4 Å². The molecule has 1 heterocycles. The number of amides is 1. The molecular weight excluding hydrogens is 335 g/mol. The van der Waals surface area contributed by atoms with Crippen LogP contribution in [0.5, 0.6) is 0 Å². The molecule has 1 unspecified atom stereocenters. The van der Waals surface area contributed by atoms with Gasteiger partial charge in [-0.1, -0.05) is 13.0 Å². The second kappa shape index (κ2) is 7.08. The summed E-state index contributed by atoms with van der Waals surface area (Å²) in [5.41, 5.74) is -1.34. The predicted octanol–water partition coefficient (Wildman–Crippen LogP) is 3.09. The molecular formula is C17H18F3N3O2. The summed E-state index contributed by atoms with van der Waals surface area (Å²) in [5, 5.41) is 6.60. The minimum Gasteiger partial charge on any atom is -0.348 e. The van der Waals surface area contributed by atoms with Crippen molar-refractivity contribution >= 4 is 5.91 Å². The van der Waals surface area contributed by atoms with E-state index in [1.54, 1.807) is 6.92 Å². The quantitative estimate of drug-likeness (QED) is 0.919. The number of hydrogen-bond donors (Lipinski definition) is 1. The van der Waals surface area contributed by atoms with Crippen LogP contribution in [-0.2, 0) is 6.18 Å². The third-order valence-electron chi connectivity index (χ3n) is 3.73. The first-order chi connectivity index (χ1) is 11.6. The van der Waals surface area contributed by atoms with E-state index in [4.69, 9.17) is 0 Å². The Morgan fingerprint density at radius 3 is 2.60 bits per heavy atom. The van der Waals surface area contributed by atoms with Crippen LogP contribution >= 0.6 is 0 Å². The van der Waals surface area contributed by atoms with Gasteiger partial charge in [0.1, 0.15) is 0 Å². The Hall–Kier alpha value is -2.64. The molecule has 1 aromatic heterocycles. The molecule has 1 amide bonds. The van der Waals surface area contributed by atoms with Crippen molar-refractivity contribution in [3.05, 3.63) is 57.5 Å².